The van der Waals surface area contributed by atoms with E-state index in [1.807, 2.05) is 0 Å². The highest BCUT2D eigenvalue weighted by Crippen LogP contribution is 2.28. The van der Waals surface area contributed by atoms with Crippen molar-refractivity contribution in [3.63, 3.8) is 0 Å². The summed E-state index contributed by atoms with van der Waals surface area (Å²) in [4.78, 5) is 8.60. The summed E-state index contributed by atoms with van der Waals surface area (Å²) in [5, 5.41) is 4.69. The second-order valence-electron chi connectivity index (χ2n) is 2.57. The summed E-state index contributed by atoms with van der Waals surface area (Å²) in [5.41, 5.74) is 6.71. The molecule has 3 nitrogen and oxygen atoms in total. The monoisotopic (exact) mass is 211 g/mol. The Morgan fingerprint density at radius 2 is 2.31 bits per heavy atom. The van der Waals surface area contributed by atoms with Gasteiger partial charge in [-0.25, -0.2) is 9.97 Å². The molecule has 0 atom stereocenters. The van der Waals surface area contributed by atoms with Crippen LogP contribution in [-0.4, -0.2) is 9.97 Å². The highest BCUT2D eigenvalue weighted by atomic mass is 32.1. The van der Waals surface area contributed by atoms with Crippen LogP contribution in [0.4, 0.5) is 5.00 Å². The van der Waals surface area contributed by atoms with E-state index in [0.29, 0.717) is 0 Å². The Bertz CT molecular complexity index is 405. The minimum absolute atomic E-state index is 0.739. The summed E-state index contributed by atoms with van der Waals surface area (Å²) in [6.07, 6.45) is 2.64. The molecule has 0 saturated heterocycles. The maximum Gasteiger partial charge on any atom is 0.154 e. The molecule has 2 N–H and O–H groups in total. The summed E-state index contributed by atoms with van der Waals surface area (Å²) >= 11 is 3.10. The van der Waals surface area contributed by atoms with Crippen LogP contribution >= 0.6 is 22.7 Å². The molecule has 2 aromatic heterocycles. The Labute approximate surface area is 84.3 Å². The van der Waals surface area contributed by atoms with Crippen molar-refractivity contribution in [2.24, 2.45) is 0 Å². The Balaban J connectivity index is 2.35. The molecule has 0 aliphatic rings. The van der Waals surface area contributed by atoms with Crippen molar-refractivity contribution in [1.29, 1.82) is 0 Å². The van der Waals surface area contributed by atoms with Crippen LogP contribution in [0.15, 0.2) is 11.6 Å². The molecular formula is C8H9N3S2. The molecular weight excluding hydrogens is 202 g/mol. The van der Waals surface area contributed by atoms with Crippen LogP contribution in [0, 0.1) is 0 Å². The molecule has 0 bridgehead atoms. The van der Waals surface area contributed by atoms with Gasteiger partial charge >= 0.3 is 0 Å². The average molecular weight is 211 g/mol. The van der Waals surface area contributed by atoms with Gasteiger partial charge in [-0.15, -0.1) is 11.3 Å². The van der Waals surface area contributed by atoms with Crippen LogP contribution < -0.4 is 5.73 Å². The SMILES string of the molecule is CCc1csc(-c2ncc(N)s2)n1. The van der Waals surface area contributed by atoms with E-state index < -0.39 is 0 Å². The number of nitrogens with two attached hydrogens (primary N) is 1. The molecule has 13 heavy (non-hydrogen) atoms. The predicted octanol–water partition coefficient (Wildman–Crippen LogP) is 2.41. The van der Waals surface area contributed by atoms with E-state index in [4.69, 9.17) is 5.73 Å². The van der Waals surface area contributed by atoms with Gasteiger partial charge in [0, 0.05) is 5.38 Å². The normalized spacial score (nSPS) is 10.5. The van der Waals surface area contributed by atoms with E-state index in [0.717, 1.165) is 27.1 Å². The van der Waals surface area contributed by atoms with E-state index in [9.17, 15) is 0 Å². The first kappa shape index (κ1) is 8.65. The Morgan fingerprint density at radius 3 is 2.85 bits per heavy atom. The molecule has 0 saturated carbocycles. The number of nitrogens with zero attached hydrogens (tertiary/aromatic N) is 2. The van der Waals surface area contributed by atoms with Crippen LogP contribution in [0.25, 0.3) is 10.0 Å². The van der Waals surface area contributed by atoms with Gasteiger partial charge in [0.05, 0.1) is 11.9 Å². The predicted molar refractivity (Wildman–Crippen MR) is 57.0 cm³/mol. The molecule has 0 amide bonds. The lowest BCUT2D eigenvalue weighted by Gasteiger charge is -1.85. The highest BCUT2D eigenvalue weighted by molar-refractivity contribution is 7.22. The fraction of sp³-hybridized carbons (Fsp3) is 0.250. The lowest BCUT2D eigenvalue weighted by molar-refractivity contribution is 1.06. The summed E-state index contributed by atoms with van der Waals surface area (Å²) in [6.45, 7) is 2.09. The smallest absolute Gasteiger partial charge is 0.154 e. The van der Waals surface area contributed by atoms with Crippen LogP contribution in [-0.2, 0) is 6.42 Å². The molecule has 2 aromatic rings. The molecule has 5 heteroatoms. The van der Waals surface area contributed by atoms with Crippen molar-refractivity contribution in [3.05, 3.63) is 17.3 Å². The van der Waals surface area contributed by atoms with Gasteiger partial charge in [0.1, 0.15) is 5.00 Å². The molecule has 0 aliphatic heterocycles. The number of aromatic nitrogens is 2. The minimum Gasteiger partial charge on any atom is -0.389 e. The fourth-order valence-corrected chi connectivity index (χ4v) is 2.58. The molecule has 0 aliphatic carbocycles. The number of hydrogen-bond donors (Lipinski definition) is 1. The third-order valence-corrected chi connectivity index (χ3v) is 3.48. The molecule has 0 radical (unpaired) electrons. The maximum atomic E-state index is 5.59. The molecule has 0 aromatic carbocycles. The van der Waals surface area contributed by atoms with Gasteiger partial charge in [-0.2, -0.15) is 0 Å². The molecule has 0 unspecified atom stereocenters. The van der Waals surface area contributed by atoms with E-state index >= 15 is 0 Å². The van der Waals surface area contributed by atoms with Gasteiger partial charge in [-0.3, -0.25) is 0 Å². The first-order chi connectivity index (χ1) is 6.29. The van der Waals surface area contributed by atoms with E-state index in [2.05, 4.69) is 22.3 Å². The number of thiazole rings is 2. The van der Waals surface area contributed by atoms with Gasteiger partial charge in [0.2, 0.25) is 0 Å². The van der Waals surface area contributed by atoms with Crippen molar-refractivity contribution >= 4 is 27.7 Å². The van der Waals surface area contributed by atoms with Crippen LogP contribution in [0.5, 0.6) is 0 Å². The van der Waals surface area contributed by atoms with Crippen molar-refractivity contribution < 1.29 is 0 Å². The second-order valence-corrected chi connectivity index (χ2v) is 4.49. The molecule has 2 heterocycles. The van der Waals surface area contributed by atoms with E-state index in [1.54, 1.807) is 17.5 Å². The fourth-order valence-electron chi connectivity index (χ4n) is 0.953. The first-order valence-corrected chi connectivity index (χ1v) is 5.65. The van der Waals surface area contributed by atoms with Gasteiger partial charge in [0.15, 0.2) is 10.0 Å². The zero-order valence-corrected chi connectivity index (χ0v) is 8.78. The highest BCUT2D eigenvalue weighted by Gasteiger charge is 2.06. The topological polar surface area (TPSA) is 51.8 Å². The van der Waals surface area contributed by atoms with Gasteiger partial charge in [-0.1, -0.05) is 18.3 Å². The van der Waals surface area contributed by atoms with Crippen LogP contribution in [0.3, 0.4) is 0 Å². The maximum absolute atomic E-state index is 5.59. The Kier molecular flexibility index (Phi) is 2.28. The van der Waals surface area contributed by atoms with Gasteiger partial charge in [-0.05, 0) is 6.42 Å². The quantitative estimate of drug-likeness (QED) is 0.830. The zero-order valence-electron chi connectivity index (χ0n) is 7.15. The summed E-state index contributed by atoms with van der Waals surface area (Å²) in [6, 6.07) is 0. The molecule has 0 spiro atoms. The van der Waals surface area contributed by atoms with Gasteiger partial charge in [0.25, 0.3) is 0 Å². The number of hydrogen-bond acceptors (Lipinski definition) is 5. The van der Waals surface area contributed by atoms with Crippen molar-refractivity contribution in [2.75, 3.05) is 5.73 Å². The average Bonchev–Trinajstić information content (AvgIpc) is 2.71. The lowest BCUT2D eigenvalue weighted by Crippen LogP contribution is -1.78. The summed E-state index contributed by atoms with van der Waals surface area (Å²) < 4.78 is 0. The number of aryl methyl sites for hydroxylation is 1. The summed E-state index contributed by atoms with van der Waals surface area (Å²) in [7, 11) is 0. The summed E-state index contributed by atoms with van der Waals surface area (Å²) in [5.74, 6) is 0. The van der Waals surface area contributed by atoms with E-state index in [1.165, 1.54) is 11.3 Å². The molecule has 68 valence electrons. The van der Waals surface area contributed by atoms with E-state index in [-0.39, 0.29) is 0 Å². The standard InChI is InChI=1S/C8H9N3S2/c1-2-5-4-12-8(11-5)7-10-3-6(9)13-7/h3-4H,2,9H2,1H3. The Hall–Kier alpha value is -0.940. The van der Waals surface area contributed by atoms with Crippen molar-refractivity contribution in [3.8, 4) is 10.0 Å². The number of anilines is 1. The van der Waals surface area contributed by atoms with Crippen LogP contribution in [0.2, 0.25) is 0 Å². The third kappa shape index (κ3) is 1.71. The van der Waals surface area contributed by atoms with Gasteiger partial charge < -0.3 is 5.73 Å². The first-order valence-electron chi connectivity index (χ1n) is 3.95. The zero-order chi connectivity index (χ0) is 9.26. The number of rotatable bonds is 2. The van der Waals surface area contributed by atoms with Crippen molar-refractivity contribution in [2.45, 2.75) is 13.3 Å². The minimum atomic E-state index is 0.739. The van der Waals surface area contributed by atoms with Crippen molar-refractivity contribution in [1.82, 2.24) is 9.97 Å². The molecule has 2 rings (SSSR count). The lowest BCUT2D eigenvalue weighted by atomic mass is 10.4. The second kappa shape index (κ2) is 3.43. The molecule has 0 fully saturated rings. The number of nitrogen functional groups attached to an aromatic ring is 1. The largest absolute Gasteiger partial charge is 0.389 e. The third-order valence-electron chi connectivity index (χ3n) is 1.62. The van der Waals surface area contributed by atoms with Crippen LogP contribution in [0.1, 0.15) is 12.6 Å². The Morgan fingerprint density at radius 1 is 1.46 bits per heavy atom.